The summed E-state index contributed by atoms with van der Waals surface area (Å²) in [5, 5.41) is 17.4. The normalized spacial score (nSPS) is 10.8. The molecule has 2 rings (SSSR count). The SMILES string of the molecule is CCn1cc(CNC(=O)C=Cc2ccc([N+](=O)[O-])cc2)cn1. The van der Waals surface area contributed by atoms with E-state index in [0.717, 1.165) is 17.7 Å². The first-order chi connectivity index (χ1) is 10.6. The highest BCUT2D eigenvalue weighted by Gasteiger charge is 2.03. The van der Waals surface area contributed by atoms with Gasteiger partial charge in [-0.25, -0.2) is 0 Å². The van der Waals surface area contributed by atoms with Crippen LogP contribution in [-0.4, -0.2) is 20.6 Å². The van der Waals surface area contributed by atoms with Crippen LogP contribution in [0.5, 0.6) is 0 Å². The van der Waals surface area contributed by atoms with E-state index in [-0.39, 0.29) is 11.6 Å². The number of rotatable bonds is 6. The summed E-state index contributed by atoms with van der Waals surface area (Å²) >= 11 is 0. The van der Waals surface area contributed by atoms with Crippen LogP contribution in [0, 0.1) is 10.1 Å². The number of nitrogens with zero attached hydrogens (tertiary/aromatic N) is 3. The molecule has 1 heterocycles. The van der Waals surface area contributed by atoms with Gasteiger partial charge in [0.1, 0.15) is 0 Å². The number of amides is 1. The summed E-state index contributed by atoms with van der Waals surface area (Å²) < 4.78 is 1.79. The van der Waals surface area contributed by atoms with E-state index in [1.165, 1.54) is 18.2 Å². The summed E-state index contributed by atoms with van der Waals surface area (Å²) in [7, 11) is 0. The van der Waals surface area contributed by atoms with E-state index in [9.17, 15) is 14.9 Å². The van der Waals surface area contributed by atoms with Gasteiger partial charge < -0.3 is 5.32 Å². The van der Waals surface area contributed by atoms with Crippen molar-refractivity contribution in [3.8, 4) is 0 Å². The summed E-state index contributed by atoms with van der Waals surface area (Å²) in [5.74, 6) is -0.234. The Kier molecular flexibility index (Phi) is 5.02. The second-order valence-electron chi connectivity index (χ2n) is 4.60. The Hall–Kier alpha value is -2.96. The van der Waals surface area contributed by atoms with Crippen LogP contribution in [0.3, 0.4) is 0 Å². The average molecular weight is 300 g/mol. The van der Waals surface area contributed by atoms with Crippen LogP contribution in [0.1, 0.15) is 18.1 Å². The Balaban J connectivity index is 1.86. The first-order valence-corrected chi connectivity index (χ1v) is 6.80. The van der Waals surface area contributed by atoms with E-state index in [1.807, 2.05) is 13.1 Å². The second kappa shape index (κ2) is 7.16. The van der Waals surface area contributed by atoms with Gasteiger partial charge in [-0.15, -0.1) is 0 Å². The molecule has 0 atom stereocenters. The molecule has 0 bridgehead atoms. The van der Waals surface area contributed by atoms with Crippen LogP contribution < -0.4 is 5.32 Å². The molecule has 0 unspecified atom stereocenters. The highest BCUT2D eigenvalue weighted by Crippen LogP contribution is 2.12. The smallest absolute Gasteiger partial charge is 0.269 e. The molecule has 1 aromatic heterocycles. The largest absolute Gasteiger partial charge is 0.348 e. The maximum Gasteiger partial charge on any atom is 0.269 e. The van der Waals surface area contributed by atoms with E-state index in [0.29, 0.717) is 6.54 Å². The van der Waals surface area contributed by atoms with Crippen molar-refractivity contribution >= 4 is 17.7 Å². The lowest BCUT2D eigenvalue weighted by Gasteiger charge is -1.99. The molecule has 0 aliphatic carbocycles. The molecule has 0 aliphatic heterocycles. The molecule has 1 amide bonds. The predicted molar refractivity (Wildman–Crippen MR) is 81.9 cm³/mol. The number of hydrogen-bond donors (Lipinski definition) is 1. The predicted octanol–water partition coefficient (Wildman–Crippen LogP) is 2.14. The van der Waals surface area contributed by atoms with Gasteiger partial charge in [0.05, 0.1) is 11.1 Å². The van der Waals surface area contributed by atoms with Crippen molar-refractivity contribution in [3.05, 3.63) is 64.0 Å². The van der Waals surface area contributed by atoms with Crippen molar-refractivity contribution in [2.45, 2.75) is 20.0 Å². The van der Waals surface area contributed by atoms with Gasteiger partial charge in [0.15, 0.2) is 0 Å². The molecule has 0 fully saturated rings. The molecular formula is C15H16N4O3. The standard InChI is InChI=1S/C15H16N4O3/c1-2-18-11-13(10-17-18)9-16-15(20)8-5-12-3-6-14(7-4-12)19(21)22/h3-8,10-11H,2,9H2,1H3,(H,16,20). The minimum Gasteiger partial charge on any atom is -0.348 e. The first-order valence-electron chi connectivity index (χ1n) is 6.80. The molecule has 2 aromatic rings. The van der Waals surface area contributed by atoms with Crippen LogP contribution in [0.2, 0.25) is 0 Å². The number of nitro benzene ring substituents is 1. The van der Waals surface area contributed by atoms with Crippen LogP contribution >= 0.6 is 0 Å². The van der Waals surface area contributed by atoms with Crippen molar-refractivity contribution in [3.63, 3.8) is 0 Å². The van der Waals surface area contributed by atoms with E-state index in [1.54, 1.807) is 29.1 Å². The van der Waals surface area contributed by atoms with Crippen molar-refractivity contribution in [2.75, 3.05) is 0 Å². The summed E-state index contributed by atoms with van der Waals surface area (Å²) in [6.45, 7) is 3.18. The molecular weight excluding hydrogens is 284 g/mol. The van der Waals surface area contributed by atoms with Crippen LogP contribution in [0.25, 0.3) is 6.08 Å². The summed E-state index contributed by atoms with van der Waals surface area (Å²) in [4.78, 5) is 21.8. The number of nitrogens with one attached hydrogen (secondary N) is 1. The number of carbonyl (C=O) groups is 1. The van der Waals surface area contributed by atoms with E-state index < -0.39 is 4.92 Å². The third kappa shape index (κ3) is 4.27. The lowest BCUT2D eigenvalue weighted by molar-refractivity contribution is -0.384. The van der Waals surface area contributed by atoms with E-state index in [2.05, 4.69) is 10.4 Å². The van der Waals surface area contributed by atoms with Crippen molar-refractivity contribution in [2.24, 2.45) is 0 Å². The fraction of sp³-hybridized carbons (Fsp3) is 0.200. The molecule has 7 nitrogen and oxygen atoms in total. The number of hydrogen-bond acceptors (Lipinski definition) is 4. The number of non-ortho nitro benzene ring substituents is 1. The van der Waals surface area contributed by atoms with Gasteiger partial charge in [-0.3, -0.25) is 19.6 Å². The van der Waals surface area contributed by atoms with Crippen molar-refractivity contribution < 1.29 is 9.72 Å². The number of carbonyl (C=O) groups excluding carboxylic acids is 1. The molecule has 0 radical (unpaired) electrons. The molecule has 0 aliphatic rings. The van der Waals surface area contributed by atoms with Crippen LogP contribution in [-0.2, 0) is 17.9 Å². The van der Waals surface area contributed by atoms with Crippen molar-refractivity contribution in [1.82, 2.24) is 15.1 Å². The van der Waals surface area contributed by atoms with E-state index >= 15 is 0 Å². The number of nitro groups is 1. The minimum atomic E-state index is -0.462. The Morgan fingerprint density at radius 3 is 2.73 bits per heavy atom. The highest BCUT2D eigenvalue weighted by atomic mass is 16.6. The summed E-state index contributed by atoms with van der Waals surface area (Å²) in [6, 6.07) is 5.98. The van der Waals surface area contributed by atoms with Gasteiger partial charge in [-0.05, 0) is 30.7 Å². The second-order valence-corrected chi connectivity index (χ2v) is 4.60. The zero-order chi connectivity index (χ0) is 15.9. The zero-order valence-electron chi connectivity index (χ0n) is 12.1. The lowest BCUT2D eigenvalue weighted by atomic mass is 10.2. The molecule has 0 saturated heterocycles. The summed E-state index contributed by atoms with van der Waals surface area (Å²) in [5.41, 5.74) is 1.67. The lowest BCUT2D eigenvalue weighted by Crippen LogP contribution is -2.19. The molecule has 0 saturated carbocycles. The Labute approximate surface area is 127 Å². The average Bonchev–Trinajstić information content (AvgIpc) is 2.99. The first kappa shape index (κ1) is 15.4. The van der Waals surface area contributed by atoms with Gasteiger partial charge in [0.2, 0.25) is 5.91 Å². The third-order valence-electron chi connectivity index (χ3n) is 3.01. The number of benzene rings is 1. The quantitative estimate of drug-likeness (QED) is 0.503. The van der Waals surface area contributed by atoms with Crippen LogP contribution in [0.4, 0.5) is 5.69 Å². The van der Waals surface area contributed by atoms with Gasteiger partial charge in [0, 0.05) is 43.1 Å². The Morgan fingerprint density at radius 2 is 2.14 bits per heavy atom. The molecule has 22 heavy (non-hydrogen) atoms. The third-order valence-corrected chi connectivity index (χ3v) is 3.01. The van der Waals surface area contributed by atoms with Crippen molar-refractivity contribution in [1.29, 1.82) is 0 Å². The molecule has 114 valence electrons. The number of aromatic nitrogens is 2. The fourth-order valence-corrected chi connectivity index (χ4v) is 1.80. The molecule has 0 spiro atoms. The van der Waals surface area contributed by atoms with Gasteiger partial charge in [-0.1, -0.05) is 0 Å². The van der Waals surface area contributed by atoms with Gasteiger partial charge in [0.25, 0.3) is 5.69 Å². The number of aryl methyl sites for hydroxylation is 1. The van der Waals surface area contributed by atoms with Gasteiger partial charge in [-0.2, -0.15) is 5.10 Å². The topological polar surface area (TPSA) is 90.1 Å². The molecule has 1 aromatic carbocycles. The van der Waals surface area contributed by atoms with Crippen LogP contribution in [0.15, 0.2) is 42.7 Å². The zero-order valence-corrected chi connectivity index (χ0v) is 12.1. The molecule has 7 heteroatoms. The van der Waals surface area contributed by atoms with Gasteiger partial charge >= 0.3 is 0 Å². The Bertz CT molecular complexity index is 689. The van der Waals surface area contributed by atoms with E-state index in [4.69, 9.17) is 0 Å². The molecule has 1 N–H and O–H groups in total. The maximum absolute atomic E-state index is 11.7. The highest BCUT2D eigenvalue weighted by molar-refractivity contribution is 5.91. The fourth-order valence-electron chi connectivity index (χ4n) is 1.80. The monoisotopic (exact) mass is 300 g/mol. The minimum absolute atomic E-state index is 0.0227. The summed E-state index contributed by atoms with van der Waals surface area (Å²) in [6.07, 6.45) is 6.59. The maximum atomic E-state index is 11.7. The Morgan fingerprint density at radius 1 is 1.41 bits per heavy atom.